The minimum atomic E-state index is -0.737. The summed E-state index contributed by atoms with van der Waals surface area (Å²) in [6.45, 7) is 7.27. The third-order valence-electron chi connectivity index (χ3n) is 2.83. The highest BCUT2D eigenvalue weighted by Crippen LogP contribution is 2.14. The number of hydrogen-bond acceptors (Lipinski definition) is 5. The molecular formula is C17H25NO4S. The Morgan fingerprint density at radius 3 is 2.35 bits per heavy atom. The molecule has 0 radical (unpaired) electrons. The van der Waals surface area contributed by atoms with Gasteiger partial charge in [-0.3, -0.25) is 0 Å². The Hall–Kier alpha value is -1.69. The van der Waals surface area contributed by atoms with Crippen LogP contribution in [-0.2, 0) is 9.53 Å². The van der Waals surface area contributed by atoms with Crippen LogP contribution in [-0.4, -0.2) is 35.7 Å². The second-order valence-corrected chi connectivity index (χ2v) is 7.20. The summed E-state index contributed by atoms with van der Waals surface area (Å²) >= 11 is 1.60. The zero-order chi connectivity index (χ0) is 17.5. The molecule has 1 aromatic carbocycles. The maximum atomic E-state index is 12.3. The first-order valence-corrected chi connectivity index (χ1v) is 8.87. The van der Waals surface area contributed by atoms with Crippen molar-refractivity contribution in [3.63, 3.8) is 0 Å². The summed E-state index contributed by atoms with van der Waals surface area (Å²) in [4.78, 5) is 24.2. The standard InChI is InChI=1S/C17H25NO4S/c1-12-6-8-13(9-7-12)21-15(19)14(10-11-23-5)18-16(20)22-17(2,3)4/h6-9,14H,10-11H2,1-5H3,(H,18,20). The monoisotopic (exact) mass is 339 g/mol. The summed E-state index contributed by atoms with van der Waals surface area (Å²) in [5.74, 6) is 0.693. The highest BCUT2D eigenvalue weighted by atomic mass is 32.2. The van der Waals surface area contributed by atoms with Crippen LogP contribution >= 0.6 is 11.8 Å². The van der Waals surface area contributed by atoms with Gasteiger partial charge in [0.25, 0.3) is 0 Å². The molecule has 1 N–H and O–H groups in total. The molecule has 128 valence electrons. The molecule has 0 spiro atoms. The zero-order valence-corrected chi connectivity index (χ0v) is 15.2. The SMILES string of the molecule is CSCCC(NC(=O)OC(C)(C)C)C(=O)Oc1ccc(C)cc1. The molecule has 1 amide bonds. The average molecular weight is 339 g/mol. The van der Waals surface area contributed by atoms with Gasteiger partial charge in [-0.25, -0.2) is 9.59 Å². The molecule has 6 heteroatoms. The molecule has 0 aromatic heterocycles. The minimum absolute atomic E-state index is 0.459. The predicted molar refractivity (Wildman–Crippen MR) is 93.0 cm³/mol. The van der Waals surface area contributed by atoms with Gasteiger partial charge in [0.05, 0.1) is 0 Å². The number of rotatable bonds is 6. The van der Waals surface area contributed by atoms with E-state index in [9.17, 15) is 9.59 Å². The maximum Gasteiger partial charge on any atom is 0.408 e. The predicted octanol–water partition coefficient (Wildman–Crippen LogP) is 3.55. The van der Waals surface area contributed by atoms with Gasteiger partial charge < -0.3 is 14.8 Å². The molecule has 0 heterocycles. The number of alkyl carbamates (subject to hydrolysis) is 1. The van der Waals surface area contributed by atoms with E-state index in [4.69, 9.17) is 9.47 Å². The molecule has 0 aliphatic carbocycles. The summed E-state index contributed by atoms with van der Waals surface area (Å²) in [5.41, 5.74) is 0.463. The van der Waals surface area contributed by atoms with E-state index in [-0.39, 0.29) is 0 Å². The van der Waals surface area contributed by atoms with Crippen molar-refractivity contribution < 1.29 is 19.1 Å². The Morgan fingerprint density at radius 1 is 1.22 bits per heavy atom. The van der Waals surface area contributed by atoms with Crippen molar-refractivity contribution in [1.29, 1.82) is 0 Å². The fourth-order valence-corrected chi connectivity index (χ4v) is 2.20. The fourth-order valence-electron chi connectivity index (χ4n) is 1.73. The molecule has 0 saturated carbocycles. The molecule has 1 rings (SSSR count). The number of carbonyl (C=O) groups is 2. The highest BCUT2D eigenvalue weighted by Gasteiger charge is 2.25. The van der Waals surface area contributed by atoms with Crippen LogP contribution in [0.4, 0.5) is 4.79 Å². The van der Waals surface area contributed by atoms with Crippen LogP contribution in [0.25, 0.3) is 0 Å². The van der Waals surface area contributed by atoms with Gasteiger partial charge in [-0.1, -0.05) is 17.7 Å². The maximum absolute atomic E-state index is 12.3. The summed E-state index contributed by atoms with van der Waals surface area (Å²) in [6, 6.07) is 6.44. The lowest BCUT2D eigenvalue weighted by Gasteiger charge is -2.22. The lowest BCUT2D eigenvalue weighted by molar-refractivity contribution is -0.136. The Bertz CT molecular complexity index is 522. The summed E-state index contributed by atoms with van der Waals surface area (Å²) in [7, 11) is 0. The Kier molecular flexibility index (Phi) is 7.42. The van der Waals surface area contributed by atoms with E-state index in [1.165, 1.54) is 0 Å². The molecule has 1 unspecified atom stereocenters. The van der Waals surface area contributed by atoms with E-state index in [2.05, 4.69) is 5.32 Å². The van der Waals surface area contributed by atoms with Crippen LogP contribution < -0.4 is 10.1 Å². The molecule has 0 aliphatic heterocycles. The first-order chi connectivity index (χ1) is 10.7. The normalized spacial score (nSPS) is 12.4. The Balaban J connectivity index is 2.69. The lowest BCUT2D eigenvalue weighted by Crippen LogP contribution is -2.45. The second kappa shape index (κ2) is 8.82. The van der Waals surface area contributed by atoms with Gasteiger partial charge in [0, 0.05) is 0 Å². The van der Waals surface area contributed by atoms with Crippen molar-refractivity contribution in [2.24, 2.45) is 0 Å². The van der Waals surface area contributed by atoms with E-state index in [1.807, 2.05) is 25.3 Å². The molecule has 1 aromatic rings. The first kappa shape index (κ1) is 19.4. The van der Waals surface area contributed by atoms with Gasteiger partial charge in [-0.15, -0.1) is 0 Å². The van der Waals surface area contributed by atoms with Gasteiger partial charge in [0.1, 0.15) is 17.4 Å². The molecule has 0 fully saturated rings. The number of carbonyl (C=O) groups excluding carboxylic acids is 2. The first-order valence-electron chi connectivity index (χ1n) is 7.48. The quantitative estimate of drug-likeness (QED) is 0.634. The van der Waals surface area contributed by atoms with Crippen LogP contribution in [0.5, 0.6) is 5.75 Å². The van der Waals surface area contributed by atoms with Gasteiger partial charge in [0.15, 0.2) is 0 Å². The van der Waals surface area contributed by atoms with E-state index < -0.39 is 23.7 Å². The van der Waals surface area contributed by atoms with E-state index in [0.29, 0.717) is 12.2 Å². The van der Waals surface area contributed by atoms with Crippen molar-refractivity contribution in [3.8, 4) is 5.75 Å². The number of aryl methyl sites for hydroxylation is 1. The van der Waals surface area contributed by atoms with E-state index in [1.54, 1.807) is 44.7 Å². The Labute approximate surface area is 142 Å². The molecule has 23 heavy (non-hydrogen) atoms. The van der Waals surface area contributed by atoms with Gasteiger partial charge >= 0.3 is 12.1 Å². The summed E-state index contributed by atoms with van der Waals surface area (Å²) < 4.78 is 10.5. The molecule has 0 aliphatic rings. The zero-order valence-electron chi connectivity index (χ0n) is 14.3. The minimum Gasteiger partial charge on any atom is -0.444 e. The third-order valence-corrected chi connectivity index (χ3v) is 3.47. The van der Waals surface area contributed by atoms with Crippen LogP contribution in [0.1, 0.15) is 32.8 Å². The van der Waals surface area contributed by atoms with Crippen molar-refractivity contribution in [2.45, 2.75) is 45.8 Å². The number of amides is 1. The molecule has 0 bridgehead atoms. The topological polar surface area (TPSA) is 64.6 Å². The van der Waals surface area contributed by atoms with E-state index >= 15 is 0 Å². The van der Waals surface area contributed by atoms with Gasteiger partial charge in [0.2, 0.25) is 0 Å². The van der Waals surface area contributed by atoms with Crippen molar-refractivity contribution in [3.05, 3.63) is 29.8 Å². The number of esters is 1. The van der Waals surface area contributed by atoms with Crippen molar-refractivity contribution >= 4 is 23.8 Å². The lowest BCUT2D eigenvalue weighted by atomic mass is 10.2. The smallest absolute Gasteiger partial charge is 0.408 e. The third kappa shape index (κ3) is 7.93. The van der Waals surface area contributed by atoms with Gasteiger partial charge in [-0.05, 0) is 58.3 Å². The number of thioether (sulfide) groups is 1. The van der Waals surface area contributed by atoms with Crippen LogP contribution in [0.15, 0.2) is 24.3 Å². The Morgan fingerprint density at radius 2 is 1.83 bits per heavy atom. The molecule has 0 saturated heterocycles. The molecule has 5 nitrogen and oxygen atoms in total. The summed E-state index contributed by atoms with van der Waals surface area (Å²) in [5, 5.41) is 2.59. The highest BCUT2D eigenvalue weighted by molar-refractivity contribution is 7.98. The number of benzene rings is 1. The van der Waals surface area contributed by atoms with E-state index in [0.717, 1.165) is 11.3 Å². The van der Waals surface area contributed by atoms with Crippen molar-refractivity contribution in [1.82, 2.24) is 5.32 Å². The average Bonchev–Trinajstić information content (AvgIpc) is 2.43. The van der Waals surface area contributed by atoms with Crippen molar-refractivity contribution in [2.75, 3.05) is 12.0 Å². The van der Waals surface area contributed by atoms with Gasteiger partial charge in [-0.2, -0.15) is 11.8 Å². The molecule has 1 atom stereocenters. The molecular weight excluding hydrogens is 314 g/mol. The van der Waals surface area contributed by atoms with Crippen LogP contribution in [0.2, 0.25) is 0 Å². The second-order valence-electron chi connectivity index (χ2n) is 6.21. The largest absolute Gasteiger partial charge is 0.444 e. The van der Waals surface area contributed by atoms with Crippen LogP contribution in [0, 0.1) is 6.92 Å². The number of nitrogens with one attached hydrogen (secondary N) is 1. The number of hydrogen-bond donors (Lipinski definition) is 1. The fraction of sp³-hybridized carbons (Fsp3) is 0.529. The summed E-state index contributed by atoms with van der Waals surface area (Å²) in [6.07, 6.45) is 1.80. The van der Waals surface area contributed by atoms with Crippen LogP contribution in [0.3, 0.4) is 0 Å². The number of ether oxygens (including phenoxy) is 2.